The SMILES string of the molecule is Nc1ccc(NC(=O)CC2CCCCO2)c2cccnc12. The van der Waals surface area contributed by atoms with Crippen molar-refractivity contribution in [2.24, 2.45) is 0 Å². The van der Waals surface area contributed by atoms with Crippen LogP contribution in [0.3, 0.4) is 0 Å². The first kappa shape index (κ1) is 13.8. The number of hydrogen-bond acceptors (Lipinski definition) is 4. The van der Waals surface area contributed by atoms with E-state index < -0.39 is 0 Å². The lowest BCUT2D eigenvalue weighted by Gasteiger charge is -2.22. The smallest absolute Gasteiger partial charge is 0.227 e. The minimum absolute atomic E-state index is 0.0307. The standard InChI is InChI=1S/C16H19N3O2/c17-13-6-7-14(12-5-3-8-18-16(12)13)19-15(20)10-11-4-1-2-9-21-11/h3,5-8,11H,1-2,4,9-10,17H2,(H,19,20). The summed E-state index contributed by atoms with van der Waals surface area (Å²) < 4.78 is 5.60. The van der Waals surface area contributed by atoms with E-state index in [0.29, 0.717) is 17.6 Å². The van der Waals surface area contributed by atoms with Crippen LogP contribution in [0.15, 0.2) is 30.5 Å². The average Bonchev–Trinajstić information content (AvgIpc) is 2.51. The summed E-state index contributed by atoms with van der Waals surface area (Å²) in [6.45, 7) is 0.757. The van der Waals surface area contributed by atoms with Crippen molar-refractivity contribution < 1.29 is 9.53 Å². The number of amides is 1. The van der Waals surface area contributed by atoms with E-state index in [1.165, 1.54) is 0 Å². The van der Waals surface area contributed by atoms with Crippen LogP contribution in [0.25, 0.3) is 10.9 Å². The van der Waals surface area contributed by atoms with Crippen molar-refractivity contribution in [1.82, 2.24) is 4.98 Å². The van der Waals surface area contributed by atoms with Crippen LogP contribution >= 0.6 is 0 Å². The third-order valence-corrected chi connectivity index (χ3v) is 3.76. The maximum Gasteiger partial charge on any atom is 0.227 e. The van der Waals surface area contributed by atoms with Crippen molar-refractivity contribution in [1.29, 1.82) is 0 Å². The first-order chi connectivity index (χ1) is 10.2. The Balaban J connectivity index is 1.75. The van der Waals surface area contributed by atoms with Crippen molar-refractivity contribution in [2.75, 3.05) is 17.7 Å². The highest BCUT2D eigenvalue weighted by molar-refractivity contribution is 6.04. The number of aromatic nitrogens is 1. The Morgan fingerprint density at radius 1 is 1.38 bits per heavy atom. The van der Waals surface area contributed by atoms with Crippen LogP contribution in [0.1, 0.15) is 25.7 Å². The number of anilines is 2. The van der Waals surface area contributed by atoms with E-state index in [4.69, 9.17) is 10.5 Å². The van der Waals surface area contributed by atoms with E-state index in [0.717, 1.165) is 36.9 Å². The number of nitrogen functional groups attached to an aromatic ring is 1. The van der Waals surface area contributed by atoms with Crippen molar-refractivity contribution in [2.45, 2.75) is 31.8 Å². The molecule has 1 aliphatic heterocycles. The molecule has 1 unspecified atom stereocenters. The highest BCUT2D eigenvalue weighted by Crippen LogP contribution is 2.26. The number of ether oxygens (including phenoxy) is 1. The van der Waals surface area contributed by atoms with Crippen LogP contribution in [0, 0.1) is 0 Å². The number of carbonyl (C=O) groups excluding carboxylic acids is 1. The second-order valence-electron chi connectivity index (χ2n) is 5.34. The van der Waals surface area contributed by atoms with Gasteiger partial charge in [0.25, 0.3) is 0 Å². The molecule has 1 fully saturated rings. The molecule has 1 aliphatic rings. The summed E-state index contributed by atoms with van der Waals surface area (Å²) in [5.74, 6) is -0.0307. The van der Waals surface area contributed by atoms with Gasteiger partial charge < -0.3 is 15.8 Å². The van der Waals surface area contributed by atoms with Gasteiger partial charge in [-0.25, -0.2) is 0 Å². The van der Waals surface area contributed by atoms with Gasteiger partial charge in [-0.05, 0) is 43.5 Å². The van der Waals surface area contributed by atoms with E-state index in [9.17, 15) is 4.79 Å². The Bertz CT molecular complexity index is 651. The van der Waals surface area contributed by atoms with E-state index in [2.05, 4.69) is 10.3 Å². The third-order valence-electron chi connectivity index (χ3n) is 3.76. The molecule has 0 aliphatic carbocycles. The Labute approximate surface area is 123 Å². The first-order valence-corrected chi connectivity index (χ1v) is 7.29. The van der Waals surface area contributed by atoms with Crippen molar-refractivity contribution in [3.63, 3.8) is 0 Å². The van der Waals surface area contributed by atoms with Gasteiger partial charge in [0.1, 0.15) is 0 Å². The Hall–Kier alpha value is -2.14. The Morgan fingerprint density at radius 3 is 3.10 bits per heavy atom. The molecule has 1 aromatic carbocycles. The molecule has 1 aromatic heterocycles. The number of nitrogens with two attached hydrogens (primary N) is 1. The molecule has 21 heavy (non-hydrogen) atoms. The van der Waals surface area contributed by atoms with E-state index in [1.807, 2.05) is 18.2 Å². The van der Waals surface area contributed by atoms with Gasteiger partial charge in [-0.2, -0.15) is 0 Å². The molecule has 1 amide bonds. The van der Waals surface area contributed by atoms with Gasteiger partial charge in [0.2, 0.25) is 5.91 Å². The largest absolute Gasteiger partial charge is 0.397 e. The summed E-state index contributed by atoms with van der Waals surface area (Å²) in [5, 5.41) is 3.80. The molecule has 0 bridgehead atoms. The number of rotatable bonds is 3. The van der Waals surface area contributed by atoms with Crippen LogP contribution in [-0.2, 0) is 9.53 Å². The molecule has 5 heteroatoms. The lowest BCUT2D eigenvalue weighted by Crippen LogP contribution is -2.25. The molecular weight excluding hydrogens is 266 g/mol. The monoisotopic (exact) mass is 285 g/mol. The summed E-state index contributed by atoms with van der Waals surface area (Å²) in [7, 11) is 0. The lowest BCUT2D eigenvalue weighted by molar-refractivity contribution is -0.119. The van der Waals surface area contributed by atoms with E-state index in [-0.39, 0.29) is 12.0 Å². The topological polar surface area (TPSA) is 77.2 Å². The van der Waals surface area contributed by atoms with Crippen LogP contribution in [0.4, 0.5) is 11.4 Å². The van der Waals surface area contributed by atoms with Gasteiger partial charge in [0.05, 0.1) is 29.4 Å². The molecule has 2 aromatic rings. The number of nitrogens with one attached hydrogen (secondary N) is 1. The van der Waals surface area contributed by atoms with Gasteiger partial charge in [-0.1, -0.05) is 0 Å². The minimum atomic E-state index is -0.0307. The molecule has 1 saturated heterocycles. The predicted molar refractivity (Wildman–Crippen MR) is 83.0 cm³/mol. The first-order valence-electron chi connectivity index (χ1n) is 7.29. The molecular formula is C16H19N3O2. The molecule has 0 saturated carbocycles. The fourth-order valence-corrected chi connectivity index (χ4v) is 2.68. The van der Waals surface area contributed by atoms with E-state index in [1.54, 1.807) is 12.3 Å². The predicted octanol–water partition coefficient (Wildman–Crippen LogP) is 2.71. The van der Waals surface area contributed by atoms with Gasteiger partial charge in [0.15, 0.2) is 0 Å². The Morgan fingerprint density at radius 2 is 2.29 bits per heavy atom. The fourth-order valence-electron chi connectivity index (χ4n) is 2.68. The summed E-state index contributed by atoms with van der Waals surface area (Å²) in [5.41, 5.74) is 7.98. The Kier molecular flexibility index (Phi) is 4.01. The highest BCUT2D eigenvalue weighted by Gasteiger charge is 2.18. The van der Waals surface area contributed by atoms with Gasteiger partial charge in [-0.15, -0.1) is 0 Å². The molecule has 0 radical (unpaired) electrons. The molecule has 2 heterocycles. The summed E-state index contributed by atoms with van der Waals surface area (Å²) in [6.07, 6.45) is 5.31. The number of carbonyl (C=O) groups is 1. The van der Waals surface area contributed by atoms with Crippen LogP contribution in [-0.4, -0.2) is 23.6 Å². The molecule has 1 atom stereocenters. The zero-order chi connectivity index (χ0) is 14.7. The number of benzene rings is 1. The fraction of sp³-hybridized carbons (Fsp3) is 0.375. The maximum absolute atomic E-state index is 12.2. The molecule has 5 nitrogen and oxygen atoms in total. The number of hydrogen-bond donors (Lipinski definition) is 2. The minimum Gasteiger partial charge on any atom is -0.397 e. The zero-order valence-corrected chi connectivity index (χ0v) is 11.8. The van der Waals surface area contributed by atoms with Gasteiger partial charge in [-0.3, -0.25) is 9.78 Å². The quantitative estimate of drug-likeness (QED) is 0.850. The molecule has 110 valence electrons. The average molecular weight is 285 g/mol. The van der Waals surface area contributed by atoms with Crippen LogP contribution in [0.2, 0.25) is 0 Å². The number of pyridine rings is 1. The highest BCUT2D eigenvalue weighted by atomic mass is 16.5. The number of fused-ring (bicyclic) bond motifs is 1. The van der Waals surface area contributed by atoms with Crippen molar-refractivity contribution in [3.8, 4) is 0 Å². The normalized spacial score (nSPS) is 18.6. The van der Waals surface area contributed by atoms with Crippen LogP contribution in [0.5, 0.6) is 0 Å². The maximum atomic E-state index is 12.2. The summed E-state index contributed by atoms with van der Waals surface area (Å²) in [4.78, 5) is 16.4. The van der Waals surface area contributed by atoms with Crippen molar-refractivity contribution >= 4 is 28.2 Å². The lowest BCUT2D eigenvalue weighted by atomic mass is 10.1. The summed E-state index contributed by atoms with van der Waals surface area (Å²) >= 11 is 0. The second-order valence-corrected chi connectivity index (χ2v) is 5.34. The third kappa shape index (κ3) is 3.13. The van der Waals surface area contributed by atoms with Gasteiger partial charge >= 0.3 is 0 Å². The van der Waals surface area contributed by atoms with E-state index >= 15 is 0 Å². The van der Waals surface area contributed by atoms with Gasteiger partial charge in [0, 0.05) is 18.2 Å². The van der Waals surface area contributed by atoms with Crippen molar-refractivity contribution in [3.05, 3.63) is 30.5 Å². The molecule has 0 spiro atoms. The molecule has 3 N–H and O–H groups in total. The number of nitrogens with zero attached hydrogens (tertiary/aromatic N) is 1. The molecule has 3 rings (SSSR count). The zero-order valence-electron chi connectivity index (χ0n) is 11.8. The second kappa shape index (κ2) is 6.10. The summed E-state index contributed by atoms with van der Waals surface area (Å²) in [6, 6.07) is 7.33. The van der Waals surface area contributed by atoms with Crippen LogP contribution < -0.4 is 11.1 Å².